The van der Waals surface area contributed by atoms with Crippen LogP contribution in [0.5, 0.6) is 5.75 Å². The van der Waals surface area contributed by atoms with Crippen LogP contribution in [0.25, 0.3) is 0 Å². The number of nitrogens with two attached hydrogens (primary N) is 1. The van der Waals surface area contributed by atoms with Gasteiger partial charge in [0.05, 0.1) is 0 Å². The standard InChI is InChI=1S/C13H21NO/c1-9(2)4-6-12(14)11-8-10(3)5-7-13(11)15/h5,7-9,12,15H,4,6,14H2,1-3H3/t12-/m0/s1. The Morgan fingerprint density at radius 1 is 1.27 bits per heavy atom. The van der Waals surface area contributed by atoms with Crippen molar-refractivity contribution in [2.75, 3.05) is 0 Å². The highest BCUT2D eigenvalue weighted by Crippen LogP contribution is 2.27. The van der Waals surface area contributed by atoms with Crippen LogP contribution in [0.15, 0.2) is 18.2 Å². The molecule has 0 aromatic heterocycles. The van der Waals surface area contributed by atoms with Gasteiger partial charge in [-0.1, -0.05) is 31.5 Å². The van der Waals surface area contributed by atoms with Gasteiger partial charge in [0.25, 0.3) is 0 Å². The van der Waals surface area contributed by atoms with E-state index in [0.717, 1.165) is 24.0 Å². The lowest BCUT2D eigenvalue weighted by Crippen LogP contribution is -2.11. The van der Waals surface area contributed by atoms with E-state index in [2.05, 4.69) is 13.8 Å². The Morgan fingerprint density at radius 2 is 1.93 bits per heavy atom. The van der Waals surface area contributed by atoms with Gasteiger partial charge in [-0.15, -0.1) is 0 Å². The lowest BCUT2D eigenvalue weighted by atomic mass is 9.96. The van der Waals surface area contributed by atoms with E-state index in [1.54, 1.807) is 6.07 Å². The van der Waals surface area contributed by atoms with Crippen molar-refractivity contribution in [3.63, 3.8) is 0 Å². The van der Waals surface area contributed by atoms with Gasteiger partial charge in [-0.05, 0) is 31.7 Å². The minimum atomic E-state index is -0.0488. The molecular formula is C13H21NO. The third-order valence-corrected chi connectivity index (χ3v) is 2.64. The minimum Gasteiger partial charge on any atom is -0.508 e. The molecule has 2 heteroatoms. The zero-order valence-electron chi connectivity index (χ0n) is 9.83. The van der Waals surface area contributed by atoms with E-state index in [1.165, 1.54) is 0 Å². The van der Waals surface area contributed by atoms with Gasteiger partial charge in [0.15, 0.2) is 0 Å². The molecule has 0 aliphatic heterocycles. The zero-order chi connectivity index (χ0) is 11.4. The predicted octanol–water partition coefficient (Wildman–Crippen LogP) is 3.14. The van der Waals surface area contributed by atoms with E-state index in [1.807, 2.05) is 19.1 Å². The average Bonchev–Trinajstić information content (AvgIpc) is 2.18. The predicted molar refractivity (Wildman–Crippen MR) is 63.8 cm³/mol. The first-order valence-electron chi connectivity index (χ1n) is 5.55. The summed E-state index contributed by atoms with van der Waals surface area (Å²) >= 11 is 0. The second-order valence-electron chi connectivity index (χ2n) is 4.64. The smallest absolute Gasteiger partial charge is 0.120 e. The van der Waals surface area contributed by atoms with Crippen molar-refractivity contribution in [3.8, 4) is 5.75 Å². The molecule has 0 bridgehead atoms. The molecule has 1 aromatic rings. The van der Waals surface area contributed by atoms with Gasteiger partial charge >= 0.3 is 0 Å². The molecule has 0 spiro atoms. The zero-order valence-corrected chi connectivity index (χ0v) is 9.83. The van der Waals surface area contributed by atoms with Crippen LogP contribution in [-0.4, -0.2) is 5.11 Å². The van der Waals surface area contributed by atoms with E-state index < -0.39 is 0 Å². The molecule has 1 atom stereocenters. The van der Waals surface area contributed by atoms with Gasteiger partial charge in [0, 0.05) is 11.6 Å². The van der Waals surface area contributed by atoms with Crippen molar-refractivity contribution in [3.05, 3.63) is 29.3 Å². The first kappa shape index (κ1) is 12.1. The summed E-state index contributed by atoms with van der Waals surface area (Å²) in [4.78, 5) is 0. The summed E-state index contributed by atoms with van der Waals surface area (Å²) in [6, 6.07) is 5.54. The van der Waals surface area contributed by atoms with E-state index in [4.69, 9.17) is 5.73 Å². The van der Waals surface area contributed by atoms with Crippen molar-refractivity contribution >= 4 is 0 Å². The lowest BCUT2D eigenvalue weighted by molar-refractivity contribution is 0.448. The van der Waals surface area contributed by atoms with Crippen LogP contribution in [0.1, 0.15) is 43.9 Å². The fourth-order valence-electron chi connectivity index (χ4n) is 1.64. The average molecular weight is 207 g/mol. The normalized spacial score (nSPS) is 13.1. The van der Waals surface area contributed by atoms with Gasteiger partial charge in [-0.3, -0.25) is 0 Å². The van der Waals surface area contributed by atoms with Crippen molar-refractivity contribution in [2.24, 2.45) is 11.7 Å². The van der Waals surface area contributed by atoms with Crippen LogP contribution in [0.4, 0.5) is 0 Å². The Morgan fingerprint density at radius 3 is 2.53 bits per heavy atom. The number of rotatable bonds is 4. The van der Waals surface area contributed by atoms with Gasteiger partial charge in [0.1, 0.15) is 5.75 Å². The van der Waals surface area contributed by atoms with E-state index in [0.29, 0.717) is 11.7 Å². The first-order chi connectivity index (χ1) is 7.00. The number of hydrogen-bond donors (Lipinski definition) is 2. The minimum absolute atomic E-state index is 0.0488. The highest BCUT2D eigenvalue weighted by atomic mass is 16.3. The van der Waals surface area contributed by atoms with Crippen LogP contribution >= 0.6 is 0 Å². The number of aryl methyl sites for hydroxylation is 1. The Bertz CT molecular complexity index is 320. The molecule has 84 valence electrons. The molecule has 15 heavy (non-hydrogen) atoms. The number of aromatic hydroxyl groups is 1. The van der Waals surface area contributed by atoms with Crippen LogP contribution in [-0.2, 0) is 0 Å². The van der Waals surface area contributed by atoms with Gasteiger partial charge < -0.3 is 10.8 Å². The van der Waals surface area contributed by atoms with Crippen molar-refractivity contribution in [1.29, 1.82) is 0 Å². The molecule has 1 rings (SSSR count). The Kier molecular flexibility index (Phi) is 4.15. The Hall–Kier alpha value is -1.02. The van der Waals surface area contributed by atoms with Crippen LogP contribution in [0, 0.1) is 12.8 Å². The molecule has 0 radical (unpaired) electrons. The SMILES string of the molecule is Cc1ccc(O)c([C@@H](N)CCC(C)C)c1. The summed E-state index contributed by atoms with van der Waals surface area (Å²) in [5.41, 5.74) is 8.07. The molecule has 2 nitrogen and oxygen atoms in total. The summed E-state index contributed by atoms with van der Waals surface area (Å²) in [6.45, 7) is 6.38. The molecule has 3 N–H and O–H groups in total. The third-order valence-electron chi connectivity index (χ3n) is 2.64. The molecule has 0 saturated heterocycles. The topological polar surface area (TPSA) is 46.2 Å². The van der Waals surface area contributed by atoms with Gasteiger partial charge in [-0.25, -0.2) is 0 Å². The maximum absolute atomic E-state index is 9.69. The Labute approximate surface area is 92.1 Å². The summed E-state index contributed by atoms with van der Waals surface area (Å²) in [7, 11) is 0. The summed E-state index contributed by atoms with van der Waals surface area (Å²) in [5, 5.41) is 9.69. The number of benzene rings is 1. The summed E-state index contributed by atoms with van der Waals surface area (Å²) in [5.74, 6) is 0.972. The number of hydrogen-bond acceptors (Lipinski definition) is 2. The van der Waals surface area contributed by atoms with Crippen LogP contribution in [0.2, 0.25) is 0 Å². The van der Waals surface area contributed by atoms with Gasteiger partial charge in [-0.2, -0.15) is 0 Å². The van der Waals surface area contributed by atoms with Crippen molar-refractivity contribution in [2.45, 2.75) is 39.7 Å². The van der Waals surface area contributed by atoms with E-state index in [9.17, 15) is 5.11 Å². The van der Waals surface area contributed by atoms with Crippen LogP contribution < -0.4 is 5.73 Å². The highest BCUT2D eigenvalue weighted by molar-refractivity contribution is 5.37. The summed E-state index contributed by atoms with van der Waals surface area (Å²) in [6.07, 6.45) is 2.02. The second-order valence-corrected chi connectivity index (χ2v) is 4.64. The number of phenols is 1. The maximum atomic E-state index is 9.69. The van der Waals surface area contributed by atoms with Gasteiger partial charge in [0.2, 0.25) is 0 Å². The maximum Gasteiger partial charge on any atom is 0.120 e. The fraction of sp³-hybridized carbons (Fsp3) is 0.538. The molecular weight excluding hydrogens is 186 g/mol. The van der Waals surface area contributed by atoms with E-state index >= 15 is 0 Å². The molecule has 0 saturated carbocycles. The van der Waals surface area contributed by atoms with E-state index in [-0.39, 0.29) is 6.04 Å². The highest BCUT2D eigenvalue weighted by Gasteiger charge is 2.11. The number of phenolic OH excluding ortho intramolecular Hbond substituents is 1. The quantitative estimate of drug-likeness (QED) is 0.796. The first-order valence-corrected chi connectivity index (χ1v) is 5.55. The lowest BCUT2D eigenvalue weighted by Gasteiger charge is -2.15. The molecule has 0 fully saturated rings. The van der Waals surface area contributed by atoms with Crippen molar-refractivity contribution in [1.82, 2.24) is 0 Å². The molecule has 0 aliphatic rings. The second kappa shape index (κ2) is 5.17. The van der Waals surface area contributed by atoms with Crippen molar-refractivity contribution < 1.29 is 5.11 Å². The summed E-state index contributed by atoms with van der Waals surface area (Å²) < 4.78 is 0. The molecule has 0 unspecified atom stereocenters. The molecule has 1 aromatic carbocycles. The van der Waals surface area contributed by atoms with Crippen LogP contribution in [0.3, 0.4) is 0 Å². The fourth-order valence-corrected chi connectivity index (χ4v) is 1.64. The largest absolute Gasteiger partial charge is 0.508 e. The molecule has 0 aliphatic carbocycles. The monoisotopic (exact) mass is 207 g/mol. The Balaban J connectivity index is 2.72. The molecule has 0 heterocycles. The molecule has 0 amide bonds. The third kappa shape index (κ3) is 3.56.